The van der Waals surface area contributed by atoms with Crippen molar-refractivity contribution in [1.82, 2.24) is 20.2 Å². The predicted octanol–water partition coefficient (Wildman–Crippen LogP) is 2.03. The molecule has 1 saturated heterocycles. The number of aromatic nitrogens is 2. The molecule has 1 aliphatic rings. The molecule has 2 aromatic heterocycles. The van der Waals surface area contributed by atoms with Crippen molar-refractivity contribution >= 4 is 0 Å². The van der Waals surface area contributed by atoms with Gasteiger partial charge in [-0.2, -0.15) is 0 Å². The van der Waals surface area contributed by atoms with Gasteiger partial charge in [-0.05, 0) is 29.7 Å². The maximum atomic E-state index is 4.71. The normalized spacial score (nSPS) is 17.6. The van der Waals surface area contributed by atoms with E-state index >= 15 is 0 Å². The van der Waals surface area contributed by atoms with E-state index in [9.17, 15) is 0 Å². The lowest BCUT2D eigenvalue weighted by Crippen LogP contribution is -2.45. The molecule has 3 heterocycles. The Morgan fingerprint density at radius 2 is 2.05 bits per heavy atom. The van der Waals surface area contributed by atoms with Crippen LogP contribution in [0.25, 0.3) is 0 Å². The summed E-state index contributed by atoms with van der Waals surface area (Å²) in [7, 11) is 0. The molecule has 0 aliphatic carbocycles. The van der Waals surface area contributed by atoms with Gasteiger partial charge in [-0.1, -0.05) is 19.1 Å². The standard InChI is InChI=1S/C17H22N4/c1-2-14-5-6-16(20-12-14)17(15-4-3-7-19-13-15)21-10-8-18-9-11-21/h3-7,12-13,17-18H,2,8-11H2,1H3. The van der Waals surface area contributed by atoms with Gasteiger partial charge in [-0.15, -0.1) is 0 Å². The van der Waals surface area contributed by atoms with E-state index in [4.69, 9.17) is 4.98 Å². The number of piperazine rings is 1. The summed E-state index contributed by atoms with van der Waals surface area (Å²) in [5, 5.41) is 3.41. The maximum absolute atomic E-state index is 4.71. The summed E-state index contributed by atoms with van der Waals surface area (Å²) in [6.07, 6.45) is 6.81. The Hall–Kier alpha value is -1.78. The van der Waals surface area contributed by atoms with Gasteiger partial charge in [0.25, 0.3) is 0 Å². The quantitative estimate of drug-likeness (QED) is 0.931. The molecule has 0 bridgehead atoms. The van der Waals surface area contributed by atoms with Gasteiger partial charge in [0.05, 0.1) is 11.7 Å². The van der Waals surface area contributed by atoms with Gasteiger partial charge in [0.1, 0.15) is 0 Å². The summed E-state index contributed by atoms with van der Waals surface area (Å²) >= 11 is 0. The van der Waals surface area contributed by atoms with Gasteiger partial charge in [-0.25, -0.2) is 0 Å². The number of rotatable bonds is 4. The van der Waals surface area contributed by atoms with E-state index in [-0.39, 0.29) is 6.04 Å². The Morgan fingerprint density at radius 3 is 2.67 bits per heavy atom. The molecular formula is C17H22N4. The Balaban J connectivity index is 1.94. The highest BCUT2D eigenvalue weighted by Gasteiger charge is 2.24. The maximum Gasteiger partial charge on any atom is 0.0792 e. The van der Waals surface area contributed by atoms with Crippen molar-refractivity contribution in [3.63, 3.8) is 0 Å². The van der Waals surface area contributed by atoms with Crippen LogP contribution in [0.15, 0.2) is 42.9 Å². The number of nitrogens with zero attached hydrogens (tertiary/aromatic N) is 3. The number of nitrogens with one attached hydrogen (secondary N) is 1. The third kappa shape index (κ3) is 3.28. The summed E-state index contributed by atoms with van der Waals surface area (Å²) in [5.41, 5.74) is 3.61. The molecule has 0 aromatic carbocycles. The van der Waals surface area contributed by atoms with E-state index in [1.54, 1.807) is 0 Å². The van der Waals surface area contributed by atoms with Crippen LogP contribution in [0.2, 0.25) is 0 Å². The van der Waals surface area contributed by atoms with Crippen LogP contribution in [0, 0.1) is 0 Å². The fourth-order valence-corrected chi connectivity index (χ4v) is 2.85. The molecule has 0 spiro atoms. The van der Waals surface area contributed by atoms with E-state index in [1.807, 2.05) is 24.7 Å². The first kappa shape index (κ1) is 14.2. The minimum Gasteiger partial charge on any atom is -0.314 e. The summed E-state index contributed by atoms with van der Waals surface area (Å²) in [4.78, 5) is 11.5. The Labute approximate surface area is 126 Å². The van der Waals surface area contributed by atoms with Crippen molar-refractivity contribution in [2.75, 3.05) is 26.2 Å². The van der Waals surface area contributed by atoms with E-state index < -0.39 is 0 Å². The molecule has 0 amide bonds. The molecule has 0 saturated carbocycles. The van der Waals surface area contributed by atoms with Crippen molar-refractivity contribution in [2.24, 2.45) is 0 Å². The molecule has 21 heavy (non-hydrogen) atoms. The van der Waals surface area contributed by atoms with E-state index in [0.29, 0.717) is 0 Å². The van der Waals surface area contributed by atoms with Crippen LogP contribution in [-0.2, 0) is 6.42 Å². The number of hydrogen-bond acceptors (Lipinski definition) is 4. The van der Waals surface area contributed by atoms with Crippen molar-refractivity contribution in [3.05, 3.63) is 59.7 Å². The van der Waals surface area contributed by atoms with Crippen LogP contribution in [0.5, 0.6) is 0 Å². The molecule has 1 fully saturated rings. The molecule has 1 aliphatic heterocycles. The fraction of sp³-hybridized carbons (Fsp3) is 0.412. The molecule has 4 nitrogen and oxygen atoms in total. The van der Waals surface area contributed by atoms with Crippen molar-refractivity contribution in [1.29, 1.82) is 0 Å². The lowest BCUT2D eigenvalue weighted by Gasteiger charge is -2.34. The summed E-state index contributed by atoms with van der Waals surface area (Å²) in [6.45, 7) is 6.30. The highest BCUT2D eigenvalue weighted by atomic mass is 15.2. The minimum atomic E-state index is 0.201. The highest BCUT2D eigenvalue weighted by molar-refractivity contribution is 5.27. The smallest absolute Gasteiger partial charge is 0.0792 e. The van der Waals surface area contributed by atoms with Gasteiger partial charge >= 0.3 is 0 Å². The van der Waals surface area contributed by atoms with Gasteiger partial charge in [0.15, 0.2) is 0 Å². The Kier molecular flexibility index (Phi) is 4.58. The second kappa shape index (κ2) is 6.78. The van der Waals surface area contributed by atoms with Gasteiger partial charge < -0.3 is 5.32 Å². The average molecular weight is 282 g/mol. The van der Waals surface area contributed by atoms with Crippen LogP contribution >= 0.6 is 0 Å². The number of aryl methyl sites for hydroxylation is 1. The van der Waals surface area contributed by atoms with Crippen molar-refractivity contribution in [2.45, 2.75) is 19.4 Å². The summed E-state index contributed by atoms with van der Waals surface area (Å²) in [6, 6.07) is 8.71. The van der Waals surface area contributed by atoms with Crippen LogP contribution < -0.4 is 5.32 Å². The monoisotopic (exact) mass is 282 g/mol. The zero-order valence-corrected chi connectivity index (χ0v) is 12.5. The van der Waals surface area contributed by atoms with Crippen molar-refractivity contribution in [3.8, 4) is 0 Å². The average Bonchev–Trinajstić information content (AvgIpc) is 2.58. The van der Waals surface area contributed by atoms with E-state index in [1.165, 1.54) is 11.1 Å². The van der Waals surface area contributed by atoms with Gasteiger partial charge in [0.2, 0.25) is 0 Å². The number of hydrogen-bond donors (Lipinski definition) is 1. The highest BCUT2D eigenvalue weighted by Crippen LogP contribution is 2.27. The van der Waals surface area contributed by atoms with Gasteiger partial charge in [-0.3, -0.25) is 14.9 Å². The molecule has 110 valence electrons. The molecule has 1 N–H and O–H groups in total. The summed E-state index contributed by atoms with van der Waals surface area (Å²) in [5.74, 6) is 0. The molecule has 4 heteroatoms. The lowest BCUT2D eigenvalue weighted by atomic mass is 10.0. The first-order valence-electron chi connectivity index (χ1n) is 7.68. The third-order valence-corrected chi connectivity index (χ3v) is 4.05. The number of pyridine rings is 2. The topological polar surface area (TPSA) is 41.1 Å². The third-order valence-electron chi connectivity index (χ3n) is 4.05. The molecule has 3 rings (SSSR count). The van der Waals surface area contributed by atoms with Crippen LogP contribution in [-0.4, -0.2) is 41.0 Å². The van der Waals surface area contributed by atoms with E-state index in [0.717, 1.165) is 38.3 Å². The first-order valence-corrected chi connectivity index (χ1v) is 7.68. The fourth-order valence-electron chi connectivity index (χ4n) is 2.85. The Morgan fingerprint density at radius 1 is 1.19 bits per heavy atom. The van der Waals surface area contributed by atoms with Crippen LogP contribution in [0.3, 0.4) is 0 Å². The largest absolute Gasteiger partial charge is 0.314 e. The zero-order valence-electron chi connectivity index (χ0n) is 12.5. The second-order valence-corrected chi connectivity index (χ2v) is 5.42. The Bertz CT molecular complexity index is 547. The van der Waals surface area contributed by atoms with Crippen molar-refractivity contribution < 1.29 is 0 Å². The van der Waals surface area contributed by atoms with E-state index in [2.05, 4.69) is 40.3 Å². The molecule has 0 radical (unpaired) electrons. The summed E-state index contributed by atoms with van der Waals surface area (Å²) < 4.78 is 0. The zero-order chi connectivity index (χ0) is 14.5. The lowest BCUT2D eigenvalue weighted by molar-refractivity contribution is 0.195. The van der Waals surface area contributed by atoms with Crippen LogP contribution in [0.1, 0.15) is 29.8 Å². The SMILES string of the molecule is CCc1ccc(C(c2cccnc2)N2CCNCC2)nc1. The molecule has 2 aromatic rings. The second-order valence-electron chi connectivity index (χ2n) is 5.42. The van der Waals surface area contributed by atoms with Crippen LogP contribution in [0.4, 0.5) is 0 Å². The van der Waals surface area contributed by atoms with Gasteiger partial charge in [0, 0.05) is 44.8 Å². The molecule has 1 atom stereocenters. The minimum absolute atomic E-state index is 0.201. The molecule has 1 unspecified atom stereocenters. The predicted molar refractivity (Wildman–Crippen MR) is 84.1 cm³/mol. The molecular weight excluding hydrogens is 260 g/mol. The first-order chi connectivity index (χ1) is 10.4.